The van der Waals surface area contributed by atoms with Crippen molar-refractivity contribution in [2.75, 3.05) is 5.32 Å². The summed E-state index contributed by atoms with van der Waals surface area (Å²) >= 11 is 4.83. The van der Waals surface area contributed by atoms with Gasteiger partial charge >= 0.3 is 6.18 Å². The number of pyridine rings is 1. The lowest BCUT2D eigenvalue weighted by Crippen LogP contribution is -2.12. The van der Waals surface area contributed by atoms with E-state index in [1.807, 2.05) is 0 Å². The second-order valence-corrected chi connectivity index (χ2v) is 4.76. The average molecular weight is 311 g/mol. The van der Waals surface area contributed by atoms with Crippen LogP contribution in [0.25, 0.3) is 0 Å². The Hall–Kier alpha value is -2.15. The number of nitrogens with two attached hydrogens (primary N) is 1. The number of hydrogen-bond acceptors (Lipinski definition) is 3. The van der Waals surface area contributed by atoms with Crippen LogP contribution in [0.1, 0.15) is 16.8 Å². The zero-order valence-corrected chi connectivity index (χ0v) is 11.6. The normalized spacial score (nSPS) is 11.2. The molecule has 0 spiro atoms. The van der Waals surface area contributed by atoms with E-state index in [2.05, 4.69) is 10.3 Å². The number of nitrogens with one attached hydrogen (secondary N) is 1. The molecule has 0 saturated carbocycles. The molecule has 0 unspecified atom stereocenters. The fraction of sp³-hybridized carbons (Fsp3) is 0.143. The van der Waals surface area contributed by atoms with E-state index in [-0.39, 0.29) is 4.99 Å². The topological polar surface area (TPSA) is 50.9 Å². The number of hydrogen-bond donors (Lipinski definition) is 2. The Morgan fingerprint density at radius 1 is 1.14 bits per heavy atom. The molecule has 0 radical (unpaired) electrons. The highest BCUT2D eigenvalue weighted by Crippen LogP contribution is 2.29. The minimum atomic E-state index is -4.32. The Balaban J connectivity index is 2.03. The van der Waals surface area contributed by atoms with E-state index in [1.165, 1.54) is 12.1 Å². The van der Waals surface area contributed by atoms with E-state index in [0.717, 1.165) is 12.1 Å². The van der Waals surface area contributed by atoms with Crippen LogP contribution < -0.4 is 11.1 Å². The molecule has 0 saturated heterocycles. The van der Waals surface area contributed by atoms with E-state index in [1.54, 1.807) is 18.2 Å². The Morgan fingerprint density at radius 2 is 1.81 bits per heavy atom. The fourth-order valence-corrected chi connectivity index (χ4v) is 1.79. The molecule has 21 heavy (non-hydrogen) atoms. The van der Waals surface area contributed by atoms with Gasteiger partial charge in [0.2, 0.25) is 0 Å². The summed E-state index contributed by atoms with van der Waals surface area (Å²) < 4.78 is 37.3. The fourth-order valence-electron chi connectivity index (χ4n) is 1.67. The van der Waals surface area contributed by atoms with Crippen LogP contribution in [-0.2, 0) is 12.7 Å². The molecular formula is C14H12F3N3S. The number of anilines is 1. The lowest BCUT2D eigenvalue weighted by Gasteiger charge is -2.09. The number of halogens is 3. The van der Waals surface area contributed by atoms with Gasteiger partial charge in [0.05, 0.1) is 11.3 Å². The average Bonchev–Trinajstić information content (AvgIpc) is 2.45. The van der Waals surface area contributed by atoms with Gasteiger partial charge < -0.3 is 11.1 Å². The molecule has 3 nitrogen and oxygen atoms in total. The first-order chi connectivity index (χ1) is 9.86. The van der Waals surface area contributed by atoms with Crippen LogP contribution in [0.3, 0.4) is 0 Å². The maximum absolute atomic E-state index is 12.4. The molecule has 0 aliphatic heterocycles. The summed E-state index contributed by atoms with van der Waals surface area (Å²) in [4.78, 5) is 4.37. The molecule has 0 amide bonds. The van der Waals surface area contributed by atoms with E-state index in [0.29, 0.717) is 23.6 Å². The van der Waals surface area contributed by atoms with Crippen molar-refractivity contribution in [1.82, 2.24) is 4.98 Å². The van der Waals surface area contributed by atoms with Gasteiger partial charge in [0.15, 0.2) is 0 Å². The first-order valence-electron chi connectivity index (χ1n) is 6.03. The van der Waals surface area contributed by atoms with Crippen LogP contribution in [0, 0.1) is 0 Å². The maximum Gasteiger partial charge on any atom is 0.416 e. The van der Waals surface area contributed by atoms with Crippen molar-refractivity contribution in [3.63, 3.8) is 0 Å². The predicted octanol–water partition coefficient (Wildman–Crippen LogP) is 3.35. The van der Waals surface area contributed by atoms with Gasteiger partial charge in [-0.25, -0.2) is 4.98 Å². The molecule has 1 aromatic carbocycles. The number of rotatable bonds is 4. The van der Waals surface area contributed by atoms with Crippen molar-refractivity contribution < 1.29 is 13.2 Å². The Morgan fingerprint density at radius 3 is 2.38 bits per heavy atom. The first kappa shape index (κ1) is 15.2. The van der Waals surface area contributed by atoms with Crippen LogP contribution in [0.5, 0.6) is 0 Å². The lowest BCUT2D eigenvalue weighted by atomic mass is 10.1. The molecular weight excluding hydrogens is 299 g/mol. The Kier molecular flexibility index (Phi) is 4.42. The third-order valence-electron chi connectivity index (χ3n) is 2.76. The summed E-state index contributed by atoms with van der Waals surface area (Å²) in [6.45, 7) is 0.353. The molecule has 3 N–H and O–H groups in total. The van der Waals surface area contributed by atoms with Gasteiger partial charge in [0, 0.05) is 6.54 Å². The molecule has 2 rings (SSSR count). The molecule has 0 atom stereocenters. The highest BCUT2D eigenvalue weighted by Gasteiger charge is 2.29. The van der Waals surface area contributed by atoms with E-state index in [9.17, 15) is 13.2 Å². The van der Waals surface area contributed by atoms with Gasteiger partial charge in [-0.05, 0) is 29.8 Å². The van der Waals surface area contributed by atoms with Gasteiger partial charge in [0.25, 0.3) is 0 Å². The van der Waals surface area contributed by atoms with Gasteiger partial charge in [-0.2, -0.15) is 13.2 Å². The summed E-state index contributed by atoms with van der Waals surface area (Å²) in [6.07, 6.45) is -4.32. The number of nitrogens with zero attached hydrogens (tertiary/aromatic N) is 1. The highest BCUT2D eigenvalue weighted by atomic mass is 32.1. The second kappa shape index (κ2) is 6.09. The summed E-state index contributed by atoms with van der Waals surface area (Å²) in [5.74, 6) is 0.556. The van der Waals surface area contributed by atoms with Gasteiger partial charge in [-0.3, -0.25) is 0 Å². The van der Waals surface area contributed by atoms with Gasteiger partial charge in [-0.1, -0.05) is 30.4 Å². The van der Waals surface area contributed by atoms with Crippen molar-refractivity contribution in [1.29, 1.82) is 0 Å². The van der Waals surface area contributed by atoms with E-state index in [4.69, 9.17) is 18.0 Å². The van der Waals surface area contributed by atoms with Gasteiger partial charge in [0.1, 0.15) is 10.8 Å². The zero-order chi connectivity index (χ0) is 15.5. The molecule has 1 aromatic heterocycles. The molecule has 110 valence electrons. The third-order valence-corrected chi connectivity index (χ3v) is 2.97. The molecule has 0 bridgehead atoms. The highest BCUT2D eigenvalue weighted by molar-refractivity contribution is 7.80. The van der Waals surface area contributed by atoms with Crippen molar-refractivity contribution >= 4 is 23.0 Å². The van der Waals surface area contributed by atoms with Crippen LogP contribution >= 0.6 is 12.2 Å². The van der Waals surface area contributed by atoms with E-state index < -0.39 is 11.7 Å². The molecule has 7 heteroatoms. The molecule has 2 aromatic rings. The Labute approximate surface area is 125 Å². The molecule has 0 aliphatic rings. The first-order valence-corrected chi connectivity index (χ1v) is 6.44. The molecule has 0 fully saturated rings. The van der Waals surface area contributed by atoms with Crippen molar-refractivity contribution in [2.45, 2.75) is 12.7 Å². The third kappa shape index (κ3) is 4.16. The maximum atomic E-state index is 12.4. The summed E-state index contributed by atoms with van der Waals surface area (Å²) in [5.41, 5.74) is 6.02. The van der Waals surface area contributed by atoms with Gasteiger partial charge in [-0.15, -0.1) is 0 Å². The van der Waals surface area contributed by atoms with Crippen LogP contribution in [0.4, 0.5) is 19.0 Å². The minimum Gasteiger partial charge on any atom is -0.388 e. The predicted molar refractivity (Wildman–Crippen MR) is 78.9 cm³/mol. The molecule has 0 aliphatic carbocycles. The van der Waals surface area contributed by atoms with Crippen LogP contribution in [0.15, 0.2) is 42.5 Å². The smallest absolute Gasteiger partial charge is 0.388 e. The lowest BCUT2D eigenvalue weighted by molar-refractivity contribution is -0.137. The SMILES string of the molecule is NC(=S)c1cccc(NCc2ccc(C(F)(F)F)cc2)n1. The van der Waals surface area contributed by atoms with Crippen LogP contribution in [0.2, 0.25) is 0 Å². The second-order valence-electron chi connectivity index (χ2n) is 4.32. The largest absolute Gasteiger partial charge is 0.416 e. The quantitative estimate of drug-likeness (QED) is 0.850. The number of alkyl halides is 3. The van der Waals surface area contributed by atoms with Crippen molar-refractivity contribution in [2.24, 2.45) is 5.73 Å². The zero-order valence-electron chi connectivity index (χ0n) is 10.8. The number of benzene rings is 1. The standard InChI is InChI=1S/C14H12F3N3S/c15-14(16,17)10-6-4-9(5-7-10)8-19-12-3-1-2-11(20-12)13(18)21/h1-7H,8H2,(H2,18,21)(H,19,20). The van der Waals surface area contributed by atoms with Crippen molar-refractivity contribution in [3.05, 3.63) is 59.3 Å². The summed E-state index contributed by atoms with van der Waals surface area (Å²) in [6, 6.07) is 10.1. The number of aromatic nitrogens is 1. The minimum absolute atomic E-state index is 0.188. The van der Waals surface area contributed by atoms with Crippen LogP contribution in [-0.4, -0.2) is 9.97 Å². The van der Waals surface area contributed by atoms with Crippen molar-refractivity contribution in [3.8, 4) is 0 Å². The monoisotopic (exact) mass is 311 g/mol. The molecule has 1 heterocycles. The summed E-state index contributed by atoms with van der Waals surface area (Å²) in [7, 11) is 0. The Bertz CT molecular complexity index is 639. The van der Waals surface area contributed by atoms with E-state index >= 15 is 0 Å². The number of thiocarbonyl (C=S) groups is 1. The summed E-state index contributed by atoms with van der Waals surface area (Å²) in [5, 5.41) is 3.01.